The molecule has 0 saturated heterocycles. The van der Waals surface area contributed by atoms with Crippen molar-refractivity contribution in [3.63, 3.8) is 0 Å². The molecule has 3 nitrogen and oxygen atoms in total. The fraction of sp³-hybridized carbons (Fsp3) is 0.538. The van der Waals surface area contributed by atoms with E-state index in [9.17, 15) is 4.39 Å². The van der Waals surface area contributed by atoms with Crippen molar-refractivity contribution in [2.75, 3.05) is 7.11 Å². The Labute approximate surface area is 125 Å². The van der Waals surface area contributed by atoms with Crippen LogP contribution in [0.5, 0.6) is 0 Å². The van der Waals surface area contributed by atoms with Crippen molar-refractivity contribution in [1.29, 1.82) is 0 Å². The zero-order chi connectivity index (χ0) is 14.0. The van der Waals surface area contributed by atoms with Gasteiger partial charge in [0, 0.05) is 17.1 Å². The minimum absolute atomic E-state index is 0.0813. The lowest BCUT2D eigenvalue weighted by Crippen LogP contribution is -2.44. The molecule has 0 aliphatic heterocycles. The van der Waals surface area contributed by atoms with Crippen LogP contribution in [-0.4, -0.2) is 12.7 Å². The molecule has 1 unspecified atom stereocenters. The summed E-state index contributed by atoms with van der Waals surface area (Å²) in [5, 5.41) is 0.0813. The Balaban J connectivity index is 2.25. The Morgan fingerprint density at radius 3 is 2.74 bits per heavy atom. The molecule has 19 heavy (non-hydrogen) atoms. The van der Waals surface area contributed by atoms with Crippen molar-refractivity contribution in [3.8, 4) is 0 Å². The van der Waals surface area contributed by atoms with E-state index in [2.05, 4.69) is 21.4 Å². The molecule has 0 spiro atoms. The molecule has 3 N–H and O–H groups in total. The molecule has 0 amide bonds. The van der Waals surface area contributed by atoms with Crippen LogP contribution in [-0.2, 0) is 4.74 Å². The first kappa shape index (κ1) is 15.2. The lowest BCUT2D eigenvalue weighted by Gasteiger charge is -2.42. The molecular formula is C13H17BrClFN2O. The number of nitrogens with one attached hydrogen (secondary N) is 1. The number of rotatable bonds is 5. The van der Waals surface area contributed by atoms with E-state index in [1.165, 1.54) is 0 Å². The molecule has 1 aromatic rings. The van der Waals surface area contributed by atoms with Gasteiger partial charge >= 0.3 is 0 Å². The third kappa shape index (κ3) is 2.95. The third-order valence-corrected chi connectivity index (χ3v) is 5.17. The van der Waals surface area contributed by atoms with Crippen LogP contribution in [0, 0.1) is 5.82 Å². The fourth-order valence-electron chi connectivity index (χ4n) is 2.50. The van der Waals surface area contributed by atoms with Gasteiger partial charge in [0.1, 0.15) is 5.82 Å². The van der Waals surface area contributed by atoms with Gasteiger partial charge in [0.15, 0.2) is 0 Å². The van der Waals surface area contributed by atoms with Crippen LogP contribution in [0.2, 0.25) is 5.02 Å². The molecule has 106 valence electrons. The predicted molar refractivity (Wildman–Crippen MR) is 77.4 cm³/mol. The van der Waals surface area contributed by atoms with E-state index in [1.807, 2.05) is 0 Å². The Bertz CT molecular complexity index is 463. The molecule has 0 aromatic heterocycles. The summed E-state index contributed by atoms with van der Waals surface area (Å²) in [5.41, 5.74) is 2.95. The van der Waals surface area contributed by atoms with E-state index in [0.29, 0.717) is 16.5 Å². The molecule has 0 radical (unpaired) electrons. The van der Waals surface area contributed by atoms with Gasteiger partial charge in [0.2, 0.25) is 0 Å². The Morgan fingerprint density at radius 2 is 2.26 bits per heavy atom. The minimum Gasteiger partial charge on any atom is -0.378 e. The van der Waals surface area contributed by atoms with Gasteiger partial charge in [-0.15, -0.1) is 0 Å². The number of methoxy groups -OCH3 is 1. The van der Waals surface area contributed by atoms with Crippen LogP contribution in [0.25, 0.3) is 0 Å². The average Bonchev–Trinajstić information content (AvgIpc) is 2.37. The number of halogens is 3. The smallest absolute Gasteiger partial charge is 0.147 e. The van der Waals surface area contributed by atoms with E-state index < -0.39 is 5.82 Å². The van der Waals surface area contributed by atoms with Gasteiger partial charge in [0.05, 0.1) is 16.7 Å². The maximum absolute atomic E-state index is 14.2. The van der Waals surface area contributed by atoms with Gasteiger partial charge in [-0.1, -0.05) is 17.7 Å². The number of hydrazine groups is 1. The van der Waals surface area contributed by atoms with Gasteiger partial charge in [-0.25, -0.2) is 4.39 Å². The molecule has 1 saturated carbocycles. The fourth-order valence-corrected chi connectivity index (χ4v) is 2.98. The van der Waals surface area contributed by atoms with E-state index in [1.54, 1.807) is 19.2 Å². The summed E-state index contributed by atoms with van der Waals surface area (Å²) < 4.78 is 20.3. The maximum Gasteiger partial charge on any atom is 0.147 e. The van der Waals surface area contributed by atoms with Crippen molar-refractivity contribution in [2.24, 2.45) is 5.84 Å². The predicted octanol–water partition coefficient (Wildman–Crippen LogP) is 3.71. The number of hydrogen-bond acceptors (Lipinski definition) is 3. The van der Waals surface area contributed by atoms with E-state index in [0.717, 1.165) is 19.3 Å². The molecule has 6 heteroatoms. The highest BCUT2D eigenvalue weighted by atomic mass is 79.9. The SMILES string of the molecule is COC1(CC(NN)c2ccc(Br)c(Cl)c2F)CCC1. The molecule has 1 fully saturated rings. The molecule has 1 aliphatic carbocycles. The highest BCUT2D eigenvalue weighted by molar-refractivity contribution is 9.10. The van der Waals surface area contributed by atoms with Crippen molar-refractivity contribution in [1.82, 2.24) is 5.43 Å². The van der Waals surface area contributed by atoms with E-state index in [4.69, 9.17) is 22.2 Å². The van der Waals surface area contributed by atoms with Gasteiger partial charge < -0.3 is 4.74 Å². The quantitative estimate of drug-likeness (QED) is 0.483. The van der Waals surface area contributed by atoms with Crippen LogP contribution in [0.15, 0.2) is 16.6 Å². The number of hydrogen-bond donors (Lipinski definition) is 2. The van der Waals surface area contributed by atoms with Gasteiger partial charge in [0.25, 0.3) is 0 Å². The summed E-state index contributed by atoms with van der Waals surface area (Å²) in [5.74, 6) is 5.14. The highest BCUT2D eigenvalue weighted by Gasteiger charge is 2.39. The maximum atomic E-state index is 14.2. The monoisotopic (exact) mass is 350 g/mol. The minimum atomic E-state index is -0.440. The first-order chi connectivity index (χ1) is 9.03. The van der Waals surface area contributed by atoms with E-state index in [-0.39, 0.29) is 16.7 Å². The van der Waals surface area contributed by atoms with Crippen LogP contribution in [0.4, 0.5) is 4.39 Å². The molecule has 0 bridgehead atoms. The summed E-state index contributed by atoms with van der Waals surface area (Å²) >= 11 is 9.12. The molecule has 2 rings (SSSR count). The van der Waals surface area contributed by atoms with Crippen LogP contribution in [0.1, 0.15) is 37.3 Å². The zero-order valence-corrected chi connectivity index (χ0v) is 13.0. The number of ether oxygens (including phenoxy) is 1. The second-order valence-corrected chi connectivity index (χ2v) is 6.16. The lowest BCUT2D eigenvalue weighted by atomic mass is 9.75. The number of benzene rings is 1. The number of nitrogens with two attached hydrogens (primary N) is 1. The Hall–Kier alpha value is -0.200. The second kappa shape index (κ2) is 6.06. The summed E-state index contributed by atoms with van der Waals surface area (Å²) in [4.78, 5) is 0. The first-order valence-corrected chi connectivity index (χ1v) is 7.35. The second-order valence-electron chi connectivity index (χ2n) is 4.93. The topological polar surface area (TPSA) is 47.3 Å². The largest absolute Gasteiger partial charge is 0.378 e. The van der Waals surface area contributed by atoms with Crippen LogP contribution in [0.3, 0.4) is 0 Å². The summed E-state index contributed by atoms with van der Waals surface area (Å²) in [6.45, 7) is 0. The van der Waals surface area contributed by atoms with Gasteiger partial charge in [-0.2, -0.15) is 0 Å². The van der Waals surface area contributed by atoms with Gasteiger partial charge in [-0.3, -0.25) is 11.3 Å². The average molecular weight is 352 g/mol. The highest BCUT2D eigenvalue weighted by Crippen LogP contribution is 2.42. The summed E-state index contributed by atoms with van der Waals surface area (Å²) in [6.07, 6.45) is 3.73. The van der Waals surface area contributed by atoms with Crippen LogP contribution >= 0.6 is 27.5 Å². The molecule has 1 aliphatic rings. The Kier molecular flexibility index (Phi) is 4.84. The van der Waals surface area contributed by atoms with Crippen molar-refractivity contribution in [3.05, 3.63) is 33.0 Å². The summed E-state index contributed by atoms with van der Waals surface area (Å²) in [6, 6.07) is 3.11. The normalized spacial score (nSPS) is 19.0. The third-order valence-electron chi connectivity index (χ3n) is 3.92. The molecule has 1 atom stereocenters. The summed E-state index contributed by atoms with van der Waals surface area (Å²) in [7, 11) is 1.69. The Morgan fingerprint density at radius 1 is 1.58 bits per heavy atom. The molecule has 1 aromatic carbocycles. The van der Waals surface area contributed by atoms with Crippen molar-refractivity contribution < 1.29 is 9.13 Å². The van der Waals surface area contributed by atoms with Crippen molar-refractivity contribution in [2.45, 2.75) is 37.3 Å². The first-order valence-electron chi connectivity index (χ1n) is 6.17. The standard InChI is InChI=1S/C13H17BrClFN2O/c1-19-13(5-2-6-13)7-10(18-17)8-3-4-9(14)11(15)12(8)16/h3-4,10,18H,2,5-7,17H2,1H3. The molecule has 0 heterocycles. The van der Waals surface area contributed by atoms with Crippen molar-refractivity contribution >= 4 is 27.5 Å². The lowest BCUT2D eigenvalue weighted by molar-refractivity contribution is -0.0840. The zero-order valence-electron chi connectivity index (χ0n) is 10.7. The van der Waals surface area contributed by atoms with Crippen LogP contribution < -0.4 is 11.3 Å². The van der Waals surface area contributed by atoms with E-state index >= 15 is 0 Å². The molecular weight excluding hydrogens is 335 g/mol. The van der Waals surface area contributed by atoms with Gasteiger partial charge in [-0.05, 0) is 47.7 Å².